The van der Waals surface area contributed by atoms with Gasteiger partial charge in [0.1, 0.15) is 12.4 Å². The summed E-state index contributed by atoms with van der Waals surface area (Å²) in [4.78, 5) is 30.5. The first kappa shape index (κ1) is 24.3. The van der Waals surface area contributed by atoms with E-state index in [1.165, 1.54) is 5.56 Å². The number of aromatic nitrogens is 2. The van der Waals surface area contributed by atoms with E-state index < -0.39 is 5.60 Å². The van der Waals surface area contributed by atoms with Crippen LogP contribution in [0, 0.1) is 0 Å². The average molecular weight is 469 g/mol. The van der Waals surface area contributed by atoms with Gasteiger partial charge in [0, 0.05) is 32.8 Å². The van der Waals surface area contributed by atoms with Crippen molar-refractivity contribution >= 4 is 11.8 Å². The van der Waals surface area contributed by atoms with Gasteiger partial charge in [0.2, 0.25) is 5.91 Å². The lowest BCUT2D eigenvalue weighted by atomic mass is 9.90. The number of likely N-dealkylation sites (N-methyl/N-ethyl adjacent to an activating group) is 1. The van der Waals surface area contributed by atoms with Gasteiger partial charge in [-0.2, -0.15) is 5.10 Å². The zero-order valence-electron chi connectivity index (χ0n) is 20.4. The predicted molar refractivity (Wildman–Crippen MR) is 129 cm³/mol. The number of nitrogens with zero attached hydrogens (tertiary/aromatic N) is 4. The maximum absolute atomic E-state index is 13.8. The third-order valence-corrected chi connectivity index (χ3v) is 6.85. The van der Waals surface area contributed by atoms with Crippen molar-refractivity contribution in [3.63, 3.8) is 0 Å². The van der Waals surface area contributed by atoms with Gasteiger partial charge < -0.3 is 19.3 Å². The fourth-order valence-electron chi connectivity index (χ4n) is 4.93. The number of hydrogen-bond donors (Lipinski definition) is 0. The van der Waals surface area contributed by atoms with Gasteiger partial charge in [-0.3, -0.25) is 14.3 Å². The summed E-state index contributed by atoms with van der Waals surface area (Å²) in [6.07, 6.45) is 8.05. The zero-order chi connectivity index (χ0) is 24.0. The first-order valence-electron chi connectivity index (χ1n) is 12.4. The number of morpholine rings is 1. The summed E-state index contributed by atoms with van der Waals surface area (Å²) in [7, 11) is 1.87. The molecule has 3 heterocycles. The predicted octanol–water partition coefficient (Wildman–Crippen LogP) is 2.60. The summed E-state index contributed by atoms with van der Waals surface area (Å²) >= 11 is 0. The first-order chi connectivity index (χ1) is 16.5. The number of rotatable bonds is 4. The largest absolute Gasteiger partial charge is 0.491 e. The zero-order valence-corrected chi connectivity index (χ0v) is 20.4. The number of aryl methyl sites for hydroxylation is 3. The van der Waals surface area contributed by atoms with E-state index in [-0.39, 0.29) is 11.8 Å². The lowest BCUT2D eigenvalue weighted by Crippen LogP contribution is -2.62. The molecule has 8 nitrogen and oxygen atoms in total. The summed E-state index contributed by atoms with van der Waals surface area (Å²) in [5.41, 5.74) is 1.25. The van der Waals surface area contributed by atoms with Crippen molar-refractivity contribution in [3.8, 4) is 5.75 Å². The number of carbonyl (C=O) groups excluding carboxylic acids is 2. The minimum Gasteiger partial charge on any atom is -0.491 e. The number of para-hydroxylation sites is 1. The van der Waals surface area contributed by atoms with Gasteiger partial charge in [-0.15, -0.1) is 0 Å². The molecule has 0 N–H and O–H groups in total. The Morgan fingerprint density at radius 3 is 2.82 bits per heavy atom. The summed E-state index contributed by atoms with van der Waals surface area (Å²) in [6, 6.07) is 8.13. The molecule has 2 amide bonds. The molecule has 1 saturated heterocycles. The fourth-order valence-corrected chi connectivity index (χ4v) is 4.93. The molecule has 1 fully saturated rings. The first-order valence-corrected chi connectivity index (χ1v) is 12.4. The van der Waals surface area contributed by atoms with Gasteiger partial charge in [0.15, 0.2) is 5.60 Å². The molecule has 1 aromatic heterocycles. The highest BCUT2D eigenvalue weighted by Gasteiger charge is 2.46. The molecule has 0 radical (unpaired) electrons. The fraction of sp³-hybridized carbons (Fsp3) is 0.577. The lowest BCUT2D eigenvalue weighted by Gasteiger charge is -2.44. The SMILES string of the molecule is CCN1CCOc2ccccc2CCCCC2(CN(C(=O)CCc3cnn(C)c3)CCO2)C1=O. The Bertz CT molecular complexity index is 991. The molecule has 2 aliphatic rings. The van der Waals surface area contributed by atoms with Crippen LogP contribution in [0.2, 0.25) is 0 Å². The lowest BCUT2D eigenvalue weighted by molar-refractivity contribution is -0.176. The third kappa shape index (κ3) is 5.60. The molecule has 8 heteroatoms. The molecule has 0 aliphatic carbocycles. The molecule has 1 unspecified atom stereocenters. The molecule has 1 atom stereocenters. The van der Waals surface area contributed by atoms with Crippen molar-refractivity contribution < 1.29 is 19.1 Å². The van der Waals surface area contributed by atoms with Gasteiger partial charge in [-0.05, 0) is 56.2 Å². The van der Waals surface area contributed by atoms with E-state index in [1.807, 2.05) is 48.2 Å². The maximum atomic E-state index is 13.8. The van der Waals surface area contributed by atoms with E-state index in [9.17, 15) is 9.59 Å². The molecule has 184 valence electrons. The van der Waals surface area contributed by atoms with Crippen LogP contribution in [0.5, 0.6) is 5.75 Å². The Morgan fingerprint density at radius 2 is 2.03 bits per heavy atom. The Morgan fingerprint density at radius 1 is 1.18 bits per heavy atom. The highest BCUT2D eigenvalue weighted by Crippen LogP contribution is 2.30. The van der Waals surface area contributed by atoms with Crippen LogP contribution in [-0.4, -0.2) is 76.4 Å². The number of ether oxygens (including phenoxy) is 2. The van der Waals surface area contributed by atoms with Crippen LogP contribution in [0.25, 0.3) is 0 Å². The van der Waals surface area contributed by atoms with Crippen molar-refractivity contribution in [1.29, 1.82) is 0 Å². The quantitative estimate of drug-likeness (QED) is 0.690. The molecule has 1 aromatic carbocycles. The Balaban J connectivity index is 1.47. The van der Waals surface area contributed by atoms with Crippen molar-refractivity contribution in [2.75, 3.05) is 39.4 Å². The standard InChI is InChI=1S/C26H36N4O4/c1-3-29-14-16-33-23-10-5-4-8-22(23)9-6-7-13-26(25(29)32)20-30(15-17-34-26)24(31)12-11-21-18-27-28(2)19-21/h4-5,8,10,18-19H,3,6-7,9,11-17,20H2,1-2H3. The summed E-state index contributed by atoms with van der Waals surface area (Å²) in [6.45, 7) is 4.68. The molecule has 2 aliphatic heterocycles. The molecule has 1 spiro atoms. The molecule has 2 aromatic rings. The summed E-state index contributed by atoms with van der Waals surface area (Å²) in [5, 5.41) is 4.18. The van der Waals surface area contributed by atoms with Crippen LogP contribution in [0.1, 0.15) is 43.7 Å². The third-order valence-electron chi connectivity index (χ3n) is 6.85. The summed E-state index contributed by atoms with van der Waals surface area (Å²) in [5.74, 6) is 0.934. The minimum atomic E-state index is -0.989. The Labute approximate surface area is 201 Å². The molecule has 0 bridgehead atoms. The smallest absolute Gasteiger partial charge is 0.256 e. The van der Waals surface area contributed by atoms with Crippen molar-refractivity contribution in [2.24, 2.45) is 7.05 Å². The molecular formula is C26H36N4O4. The van der Waals surface area contributed by atoms with E-state index in [4.69, 9.17) is 9.47 Å². The maximum Gasteiger partial charge on any atom is 0.256 e. The van der Waals surface area contributed by atoms with Gasteiger partial charge in [0.05, 0.1) is 25.9 Å². The Hall–Kier alpha value is -2.87. The number of benzene rings is 1. The number of amides is 2. The molecular weight excluding hydrogens is 432 g/mol. The summed E-state index contributed by atoms with van der Waals surface area (Å²) < 4.78 is 14.0. The van der Waals surface area contributed by atoms with E-state index in [2.05, 4.69) is 11.2 Å². The van der Waals surface area contributed by atoms with Crippen LogP contribution in [0.3, 0.4) is 0 Å². The van der Waals surface area contributed by atoms with Crippen LogP contribution >= 0.6 is 0 Å². The monoisotopic (exact) mass is 468 g/mol. The van der Waals surface area contributed by atoms with Gasteiger partial charge in [0.25, 0.3) is 5.91 Å². The van der Waals surface area contributed by atoms with Gasteiger partial charge in [-0.1, -0.05) is 18.2 Å². The van der Waals surface area contributed by atoms with E-state index in [0.29, 0.717) is 58.7 Å². The van der Waals surface area contributed by atoms with Gasteiger partial charge >= 0.3 is 0 Å². The molecule has 34 heavy (non-hydrogen) atoms. The normalized spacial score (nSPS) is 22.0. The second-order valence-electron chi connectivity index (χ2n) is 9.23. The van der Waals surface area contributed by atoms with E-state index >= 15 is 0 Å². The Kier molecular flexibility index (Phi) is 7.88. The topological polar surface area (TPSA) is 76.9 Å². The average Bonchev–Trinajstić information content (AvgIpc) is 3.28. The van der Waals surface area contributed by atoms with Crippen molar-refractivity contribution in [1.82, 2.24) is 19.6 Å². The van der Waals surface area contributed by atoms with Gasteiger partial charge in [-0.25, -0.2) is 0 Å². The minimum absolute atomic E-state index is 0.0304. The number of carbonyl (C=O) groups is 2. The van der Waals surface area contributed by atoms with Crippen LogP contribution in [0.15, 0.2) is 36.7 Å². The second kappa shape index (κ2) is 11.0. The van der Waals surface area contributed by atoms with Crippen LogP contribution in [-0.2, 0) is 34.2 Å². The van der Waals surface area contributed by atoms with E-state index in [1.54, 1.807) is 10.9 Å². The van der Waals surface area contributed by atoms with Crippen molar-refractivity contribution in [2.45, 2.75) is 51.0 Å². The molecule has 4 rings (SSSR count). The number of hydrogen-bond acceptors (Lipinski definition) is 5. The number of fused-ring (bicyclic) bond motifs is 1. The highest BCUT2D eigenvalue weighted by molar-refractivity contribution is 5.87. The molecule has 0 saturated carbocycles. The highest BCUT2D eigenvalue weighted by atomic mass is 16.5. The van der Waals surface area contributed by atoms with Crippen LogP contribution in [0.4, 0.5) is 0 Å². The second-order valence-corrected chi connectivity index (χ2v) is 9.23. The van der Waals surface area contributed by atoms with Crippen molar-refractivity contribution in [3.05, 3.63) is 47.8 Å². The van der Waals surface area contributed by atoms with Crippen LogP contribution < -0.4 is 4.74 Å². The van der Waals surface area contributed by atoms with E-state index in [0.717, 1.165) is 30.6 Å².